The molecule has 0 bridgehead atoms. The van der Waals surface area contributed by atoms with Crippen molar-refractivity contribution in [3.05, 3.63) is 48.6 Å². The van der Waals surface area contributed by atoms with Crippen LogP contribution in [0.5, 0.6) is 0 Å². The molecule has 0 saturated heterocycles. The van der Waals surface area contributed by atoms with Crippen LogP contribution in [-0.2, 0) is 4.79 Å². The zero-order chi connectivity index (χ0) is 33.1. The Kier molecular flexibility index (Phi) is 33.8. The standard InChI is InChI=1S/C40H73NO4/c1-3-5-7-9-11-13-15-16-17-18-19-20-21-22-23-25-27-29-31-33-35-39(44)40(45)41-37(36-42)38(43)34-32-30-28-26-24-14-12-10-8-6-4-2/h5,7,11,13,24,26,32,34,37-39,42-44H,3-4,6,8-10,12,14-23,25,27-31,33,35-36H2,1-2H3,(H,41,45)/b7-5-,13-11-,26-24+,34-32+. The molecule has 1 amide bonds. The Bertz CT molecular complexity index is 745. The third-order valence-corrected chi connectivity index (χ3v) is 8.40. The summed E-state index contributed by atoms with van der Waals surface area (Å²) in [6.45, 7) is 4.02. The van der Waals surface area contributed by atoms with Crippen molar-refractivity contribution >= 4 is 5.91 Å². The Morgan fingerprint density at radius 3 is 1.60 bits per heavy atom. The molecule has 0 heterocycles. The van der Waals surface area contributed by atoms with Gasteiger partial charge in [-0.3, -0.25) is 4.79 Å². The maximum Gasteiger partial charge on any atom is 0.249 e. The largest absolute Gasteiger partial charge is 0.394 e. The van der Waals surface area contributed by atoms with E-state index in [1.807, 2.05) is 6.08 Å². The van der Waals surface area contributed by atoms with Crippen LogP contribution in [0.25, 0.3) is 0 Å². The first-order chi connectivity index (χ1) is 22.1. The number of hydrogen-bond acceptors (Lipinski definition) is 4. The molecular weight excluding hydrogens is 558 g/mol. The van der Waals surface area contributed by atoms with Gasteiger partial charge in [0.25, 0.3) is 0 Å². The van der Waals surface area contributed by atoms with Gasteiger partial charge in [0.05, 0.1) is 18.8 Å². The van der Waals surface area contributed by atoms with Crippen molar-refractivity contribution in [2.75, 3.05) is 6.61 Å². The SMILES string of the molecule is CC/C=C\C/C=C\CCCCCCCCCCCCCCCC(O)C(=O)NC(CO)C(O)/C=C/CC/C=C/CCCCCCC. The highest BCUT2D eigenvalue weighted by atomic mass is 16.3. The normalized spacial score (nSPS) is 14.3. The maximum atomic E-state index is 12.4. The molecule has 3 unspecified atom stereocenters. The number of unbranched alkanes of at least 4 members (excludes halogenated alkanes) is 19. The highest BCUT2D eigenvalue weighted by Crippen LogP contribution is 2.14. The predicted molar refractivity (Wildman–Crippen MR) is 194 cm³/mol. The first-order valence-corrected chi connectivity index (χ1v) is 19.0. The molecule has 5 nitrogen and oxygen atoms in total. The Labute approximate surface area is 278 Å². The van der Waals surface area contributed by atoms with Gasteiger partial charge in [0, 0.05) is 0 Å². The molecular formula is C40H73NO4. The van der Waals surface area contributed by atoms with Gasteiger partial charge in [-0.2, -0.15) is 0 Å². The average Bonchev–Trinajstić information content (AvgIpc) is 3.04. The average molecular weight is 632 g/mol. The number of nitrogens with one attached hydrogen (secondary N) is 1. The van der Waals surface area contributed by atoms with Crippen LogP contribution in [0.4, 0.5) is 0 Å². The number of amides is 1. The summed E-state index contributed by atoms with van der Waals surface area (Å²) in [4.78, 5) is 12.4. The lowest BCUT2D eigenvalue weighted by atomic mass is 10.0. The smallest absolute Gasteiger partial charge is 0.249 e. The lowest BCUT2D eigenvalue weighted by molar-refractivity contribution is -0.131. The molecule has 0 aromatic carbocycles. The van der Waals surface area contributed by atoms with E-state index in [4.69, 9.17) is 0 Å². The molecule has 3 atom stereocenters. The zero-order valence-corrected chi connectivity index (χ0v) is 29.5. The fourth-order valence-corrected chi connectivity index (χ4v) is 5.41. The second kappa shape index (κ2) is 35.2. The number of carbonyl (C=O) groups is 1. The molecule has 0 aromatic rings. The van der Waals surface area contributed by atoms with Crippen molar-refractivity contribution in [1.29, 1.82) is 0 Å². The fraction of sp³-hybridized carbons (Fsp3) is 0.775. The second-order valence-electron chi connectivity index (χ2n) is 12.7. The highest BCUT2D eigenvalue weighted by molar-refractivity contribution is 5.80. The van der Waals surface area contributed by atoms with Gasteiger partial charge in [-0.05, 0) is 57.8 Å². The molecule has 0 fully saturated rings. The van der Waals surface area contributed by atoms with Crippen LogP contribution >= 0.6 is 0 Å². The van der Waals surface area contributed by atoms with E-state index in [0.29, 0.717) is 6.42 Å². The Morgan fingerprint density at radius 2 is 1.04 bits per heavy atom. The van der Waals surface area contributed by atoms with Gasteiger partial charge in [-0.1, -0.05) is 165 Å². The Morgan fingerprint density at radius 1 is 0.578 bits per heavy atom. The quantitative estimate of drug-likeness (QED) is 0.0429. The second-order valence-corrected chi connectivity index (χ2v) is 12.7. The van der Waals surface area contributed by atoms with E-state index in [0.717, 1.165) is 51.4 Å². The van der Waals surface area contributed by atoms with E-state index in [2.05, 4.69) is 55.6 Å². The lowest BCUT2D eigenvalue weighted by Gasteiger charge is -2.21. The third-order valence-electron chi connectivity index (χ3n) is 8.40. The molecule has 0 aliphatic heterocycles. The van der Waals surface area contributed by atoms with Gasteiger partial charge in [0.2, 0.25) is 5.91 Å². The van der Waals surface area contributed by atoms with Crippen LogP contribution < -0.4 is 5.32 Å². The Balaban J connectivity index is 3.71. The molecule has 4 N–H and O–H groups in total. The number of aliphatic hydroxyl groups is 3. The third kappa shape index (κ3) is 30.7. The van der Waals surface area contributed by atoms with Crippen molar-refractivity contribution in [1.82, 2.24) is 5.32 Å². The molecule has 0 rings (SSSR count). The summed E-state index contributed by atoms with van der Waals surface area (Å²) in [5, 5.41) is 32.9. The van der Waals surface area contributed by atoms with Crippen LogP contribution in [0.3, 0.4) is 0 Å². The molecule has 262 valence electrons. The van der Waals surface area contributed by atoms with E-state index in [9.17, 15) is 20.1 Å². The van der Waals surface area contributed by atoms with E-state index in [-0.39, 0.29) is 6.61 Å². The summed E-state index contributed by atoms with van der Waals surface area (Å²) in [6, 6.07) is -0.813. The Hall–Kier alpha value is -1.69. The van der Waals surface area contributed by atoms with Crippen molar-refractivity contribution < 1.29 is 20.1 Å². The van der Waals surface area contributed by atoms with Crippen LogP contribution in [0.15, 0.2) is 48.6 Å². The molecule has 0 spiro atoms. The van der Waals surface area contributed by atoms with Crippen molar-refractivity contribution in [2.24, 2.45) is 0 Å². The first-order valence-electron chi connectivity index (χ1n) is 19.0. The minimum atomic E-state index is -1.10. The van der Waals surface area contributed by atoms with Crippen LogP contribution in [-0.4, -0.2) is 46.1 Å². The van der Waals surface area contributed by atoms with Crippen LogP contribution in [0, 0.1) is 0 Å². The van der Waals surface area contributed by atoms with E-state index in [1.165, 1.54) is 103 Å². The monoisotopic (exact) mass is 632 g/mol. The van der Waals surface area contributed by atoms with E-state index >= 15 is 0 Å². The van der Waals surface area contributed by atoms with Crippen LogP contribution in [0.2, 0.25) is 0 Å². The summed E-state index contributed by atoms with van der Waals surface area (Å²) in [5.41, 5.74) is 0. The van der Waals surface area contributed by atoms with Gasteiger partial charge in [0.1, 0.15) is 6.10 Å². The first kappa shape index (κ1) is 43.3. The number of carbonyl (C=O) groups excluding carboxylic acids is 1. The number of allylic oxidation sites excluding steroid dienone is 7. The molecule has 0 aromatic heterocycles. The van der Waals surface area contributed by atoms with E-state index in [1.54, 1.807) is 6.08 Å². The predicted octanol–water partition coefficient (Wildman–Crippen LogP) is 10.2. The van der Waals surface area contributed by atoms with Gasteiger partial charge in [-0.15, -0.1) is 0 Å². The number of aliphatic hydroxyl groups excluding tert-OH is 3. The van der Waals surface area contributed by atoms with Crippen molar-refractivity contribution in [3.63, 3.8) is 0 Å². The van der Waals surface area contributed by atoms with Crippen molar-refractivity contribution in [2.45, 2.75) is 193 Å². The van der Waals surface area contributed by atoms with Gasteiger partial charge < -0.3 is 20.6 Å². The molecule has 0 saturated carbocycles. The summed E-state index contributed by atoms with van der Waals surface area (Å²) in [6.07, 6.45) is 44.2. The molecule has 0 radical (unpaired) electrons. The summed E-state index contributed by atoms with van der Waals surface area (Å²) in [5.74, 6) is -0.518. The zero-order valence-electron chi connectivity index (χ0n) is 29.5. The molecule has 0 aliphatic carbocycles. The number of rotatable bonds is 33. The maximum absolute atomic E-state index is 12.4. The molecule has 0 aliphatic rings. The van der Waals surface area contributed by atoms with Crippen LogP contribution in [0.1, 0.15) is 174 Å². The van der Waals surface area contributed by atoms with Gasteiger partial charge >= 0.3 is 0 Å². The minimum absolute atomic E-state index is 0.378. The molecule has 45 heavy (non-hydrogen) atoms. The lowest BCUT2D eigenvalue weighted by Crippen LogP contribution is -2.48. The summed E-state index contributed by atoms with van der Waals surface area (Å²) in [7, 11) is 0. The highest BCUT2D eigenvalue weighted by Gasteiger charge is 2.22. The van der Waals surface area contributed by atoms with Gasteiger partial charge in [-0.25, -0.2) is 0 Å². The summed E-state index contributed by atoms with van der Waals surface area (Å²) >= 11 is 0. The van der Waals surface area contributed by atoms with Gasteiger partial charge in [0.15, 0.2) is 0 Å². The minimum Gasteiger partial charge on any atom is -0.394 e. The molecule has 5 heteroatoms. The number of hydrogen-bond donors (Lipinski definition) is 4. The fourth-order valence-electron chi connectivity index (χ4n) is 5.41. The van der Waals surface area contributed by atoms with Crippen molar-refractivity contribution in [3.8, 4) is 0 Å². The summed E-state index contributed by atoms with van der Waals surface area (Å²) < 4.78 is 0. The topological polar surface area (TPSA) is 89.8 Å². The van der Waals surface area contributed by atoms with E-state index < -0.39 is 24.2 Å².